The molecule has 0 spiro atoms. The Labute approximate surface area is 94.9 Å². The van der Waals surface area contributed by atoms with Crippen molar-refractivity contribution in [2.24, 2.45) is 0 Å². The third-order valence-electron chi connectivity index (χ3n) is 1.91. The van der Waals surface area contributed by atoms with Crippen molar-refractivity contribution in [3.63, 3.8) is 0 Å². The van der Waals surface area contributed by atoms with E-state index in [0.717, 1.165) is 5.33 Å². The Morgan fingerprint density at radius 3 is 2.36 bits per heavy atom. The SMILES string of the molecule is CC(CBr)N(C)C(=O)COC(C)(C)C. The van der Waals surface area contributed by atoms with Gasteiger partial charge in [0.1, 0.15) is 6.61 Å². The molecule has 0 N–H and O–H groups in total. The molecule has 0 aliphatic carbocycles. The fraction of sp³-hybridized carbons (Fsp3) is 0.900. The monoisotopic (exact) mass is 265 g/mol. The largest absolute Gasteiger partial charge is 0.366 e. The van der Waals surface area contributed by atoms with Crippen LogP contribution in [0.5, 0.6) is 0 Å². The maximum absolute atomic E-state index is 11.6. The molecule has 0 saturated carbocycles. The molecule has 0 rings (SSSR count). The summed E-state index contributed by atoms with van der Waals surface area (Å²) < 4.78 is 5.40. The molecule has 0 fully saturated rings. The summed E-state index contributed by atoms with van der Waals surface area (Å²) in [7, 11) is 1.79. The van der Waals surface area contributed by atoms with E-state index < -0.39 is 0 Å². The molecule has 0 radical (unpaired) electrons. The summed E-state index contributed by atoms with van der Waals surface area (Å²) in [5.74, 6) is 0.0203. The molecule has 1 unspecified atom stereocenters. The zero-order valence-corrected chi connectivity index (χ0v) is 11.2. The first-order valence-corrected chi connectivity index (χ1v) is 5.85. The Morgan fingerprint density at radius 1 is 1.50 bits per heavy atom. The average molecular weight is 266 g/mol. The van der Waals surface area contributed by atoms with Gasteiger partial charge in [0, 0.05) is 18.4 Å². The zero-order valence-electron chi connectivity index (χ0n) is 9.63. The molecule has 84 valence electrons. The number of rotatable bonds is 4. The summed E-state index contributed by atoms with van der Waals surface area (Å²) in [6.07, 6.45) is 0. The van der Waals surface area contributed by atoms with Crippen molar-refractivity contribution in [1.82, 2.24) is 4.90 Å². The number of likely N-dealkylation sites (N-methyl/N-ethyl adjacent to an activating group) is 1. The number of hydrogen-bond donors (Lipinski definition) is 0. The van der Waals surface area contributed by atoms with Gasteiger partial charge in [0.2, 0.25) is 5.91 Å². The van der Waals surface area contributed by atoms with E-state index >= 15 is 0 Å². The molecule has 1 atom stereocenters. The van der Waals surface area contributed by atoms with E-state index in [-0.39, 0.29) is 24.2 Å². The van der Waals surface area contributed by atoms with E-state index in [4.69, 9.17) is 4.74 Å². The molecule has 0 aliphatic heterocycles. The van der Waals surface area contributed by atoms with Gasteiger partial charge in [-0.2, -0.15) is 0 Å². The normalized spacial score (nSPS) is 13.9. The minimum Gasteiger partial charge on any atom is -0.366 e. The number of amides is 1. The first-order chi connectivity index (χ1) is 6.28. The van der Waals surface area contributed by atoms with Crippen LogP contribution in [0.15, 0.2) is 0 Å². The maximum Gasteiger partial charge on any atom is 0.248 e. The highest BCUT2D eigenvalue weighted by Gasteiger charge is 2.18. The Bertz CT molecular complexity index is 189. The van der Waals surface area contributed by atoms with Crippen LogP contribution in [-0.4, -0.2) is 41.4 Å². The Kier molecular flexibility index (Phi) is 5.67. The average Bonchev–Trinajstić information content (AvgIpc) is 2.10. The highest BCUT2D eigenvalue weighted by molar-refractivity contribution is 9.09. The van der Waals surface area contributed by atoms with Gasteiger partial charge in [-0.15, -0.1) is 0 Å². The van der Waals surface area contributed by atoms with Gasteiger partial charge in [0.15, 0.2) is 0 Å². The summed E-state index contributed by atoms with van der Waals surface area (Å²) >= 11 is 3.34. The molecule has 3 nitrogen and oxygen atoms in total. The number of carbonyl (C=O) groups excluding carboxylic acids is 1. The van der Waals surface area contributed by atoms with E-state index in [0.29, 0.717) is 0 Å². The van der Waals surface area contributed by atoms with Gasteiger partial charge in [0.05, 0.1) is 5.60 Å². The number of carbonyl (C=O) groups is 1. The van der Waals surface area contributed by atoms with Gasteiger partial charge < -0.3 is 9.64 Å². The molecule has 4 heteroatoms. The molecule has 1 amide bonds. The number of halogens is 1. The molecule has 0 saturated heterocycles. The third-order valence-corrected chi connectivity index (χ3v) is 2.84. The van der Waals surface area contributed by atoms with Gasteiger partial charge >= 0.3 is 0 Å². The van der Waals surface area contributed by atoms with Crippen LogP contribution in [0.4, 0.5) is 0 Å². The second-order valence-electron chi connectivity index (χ2n) is 4.41. The zero-order chi connectivity index (χ0) is 11.4. The van der Waals surface area contributed by atoms with Crippen molar-refractivity contribution in [3.05, 3.63) is 0 Å². The van der Waals surface area contributed by atoms with Crippen LogP contribution < -0.4 is 0 Å². The number of nitrogens with zero attached hydrogens (tertiary/aromatic N) is 1. The minimum atomic E-state index is -0.256. The molecule has 14 heavy (non-hydrogen) atoms. The summed E-state index contributed by atoms with van der Waals surface area (Å²) in [6, 6.07) is 0.200. The first kappa shape index (κ1) is 13.9. The van der Waals surface area contributed by atoms with Crippen LogP contribution >= 0.6 is 15.9 Å². The standard InChI is InChI=1S/C10H20BrNO2/c1-8(6-11)12(5)9(13)7-14-10(2,3)4/h8H,6-7H2,1-5H3. The van der Waals surface area contributed by atoms with Gasteiger partial charge in [-0.1, -0.05) is 15.9 Å². The summed E-state index contributed by atoms with van der Waals surface area (Å²) in [5, 5.41) is 0.782. The number of alkyl halides is 1. The van der Waals surface area contributed by atoms with E-state index in [1.165, 1.54) is 0 Å². The Balaban J connectivity index is 3.97. The first-order valence-electron chi connectivity index (χ1n) is 4.73. The van der Waals surface area contributed by atoms with Gasteiger partial charge in [0.25, 0.3) is 0 Å². The fourth-order valence-corrected chi connectivity index (χ4v) is 1.16. The highest BCUT2D eigenvalue weighted by Crippen LogP contribution is 2.07. The lowest BCUT2D eigenvalue weighted by Gasteiger charge is -2.25. The lowest BCUT2D eigenvalue weighted by Crippen LogP contribution is -2.39. The number of ether oxygens (including phenoxy) is 1. The van der Waals surface area contributed by atoms with Crippen molar-refractivity contribution in [1.29, 1.82) is 0 Å². The summed E-state index contributed by atoms with van der Waals surface area (Å²) in [5.41, 5.74) is -0.256. The van der Waals surface area contributed by atoms with Crippen LogP contribution in [0.2, 0.25) is 0 Å². The maximum atomic E-state index is 11.6. The molecule has 0 aliphatic rings. The van der Waals surface area contributed by atoms with E-state index in [1.807, 2.05) is 27.7 Å². The molecular weight excluding hydrogens is 246 g/mol. The predicted molar refractivity (Wildman–Crippen MR) is 61.7 cm³/mol. The minimum absolute atomic E-state index is 0.0203. The second-order valence-corrected chi connectivity index (χ2v) is 5.06. The van der Waals surface area contributed by atoms with Crippen LogP contribution in [0.1, 0.15) is 27.7 Å². The van der Waals surface area contributed by atoms with Crippen LogP contribution in [0.25, 0.3) is 0 Å². The van der Waals surface area contributed by atoms with Crippen LogP contribution in [-0.2, 0) is 9.53 Å². The quantitative estimate of drug-likeness (QED) is 0.729. The van der Waals surface area contributed by atoms with E-state index in [2.05, 4.69) is 15.9 Å². The topological polar surface area (TPSA) is 29.5 Å². The Morgan fingerprint density at radius 2 is 2.00 bits per heavy atom. The van der Waals surface area contributed by atoms with Crippen molar-refractivity contribution >= 4 is 21.8 Å². The van der Waals surface area contributed by atoms with E-state index in [1.54, 1.807) is 11.9 Å². The molecule has 0 aromatic rings. The second kappa shape index (κ2) is 5.71. The molecule has 0 bridgehead atoms. The lowest BCUT2D eigenvalue weighted by atomic mass is 10.2. The van der Waals surface area contributed by atoms with Gasteiger partial charge in [-0.05, 0) is 27.7 Å². The molecule has 0 heterocycles. The van der Waals surface area contributed by atoms with Crippen LogP contribution in [0, 0.1) is 0 Å². The van der Waals surface area contributed by atoms with Crippen molar-refractivity contribution in [3.8, 4) is 0 Å². The molecule has 0 aromatic heterocycles. The molecular formula is C10H20BrNO2. The fourth-order valence-electron chi connectivity index (χ4n) is 0.729. The van der Waals surface area contributed by atoms with Gasteiger partial charge in [-0.25, -0.2) is 0 Å². The van der Waals surface area contributed by atoms with E-state index in [9.17, 15) is 4.79 Å². The van der Waals surface area contributed by atoms with Gasteiger partial charge in [-0.3, -0.25) is 4.79 Å². The summed E-state index contributed by atoms with van der Waals surface area (Å²) in [4.78, 5) is 13.3. The molecule has 0 aromatic carbocycles. The Hall–Kier alpha value is -0.0900. The van der Waals surface area contributed by atoms with Crippen LogP contribution in [0.3, 0.4) is 0 Å². The number of hydrogen-bond acceptors (Lipinski definition) is 2. The van der Waals surface area contributed by atoms with Crippen molar-refractivity contribution < 1.29 is 9.53 Å². The predicted octanol–water partition coefficient (Wildman–Crippen LogP) is 2.04. The summed E-state index contributed by atoms with van der Waals surface area (Å²) in [6.45, 7) is 7.96. The lowest BCUT2D eigenvalue weighted by molar-refractivity contribution is -0.141. The smallest absolute Gasteiger partial charge is 0.248 e. The third kappa shape index (κ3) is 5.60. The van der Waals surface area contributed by atoms with Crippen molar-refractivity contribution in [2.45, 2.75) is 39.3 Å². The highest BCUT2D eigenvalue weighted by atomic mass is 79.9. The van der Waals surface area contributed by atoms with Crippen molar-refractivity contribution in [2.75, 3.05) is 19.0 Å².